The van der Waals surface area contributed by atoms with Crippen molar-refractivity contribution in [2.24, 2.45) is 5.92 Å². The molecule has 3 unspecified atom stereocenters. The minimum absolute atomic E-state index is 0.0717. The van der Waals surface area contributed by atoms with E-state index in [1.807, 2.05) is 0 Å². The Hall–Kier alpha value is -0.170. The van der Waals surface area contributed by atoms with Crippen LogP contribution >= 0.6 is 0 Å². The van der Waals surface area contributed by atoms with E-state index < -0.39 is 10.0 Å². The van der Waals surface area contributed by atoms with Crippen molar-refractivity contribution in [2.75, 3.05) is 18.9 Å². The molecule has 2 aliphatic rings. The second-order valence-electron chi connectivity index (χ2n) is 5.45. The van der Waals surface area contributed by atoms with E-state index in [1.165, 1.54) is 0 Å². The first kappa shape index (κ1) is 14.2. The highest BCUT2D eigenvalue weighted by Gasteiger charge is 2.25. The maximum Gasteiger partial charge on any atom is 0.214 e. The van der Waals surface area contributed by atoms with E-state index in [2.05, 4.69) is 4.72 Å². The first-order chi connectivity index (χ1) is 8.55. The molecule has 2 rings (SSSR count). The lowest BCUT2D eigenvalue weighted by Gasteiger charge is -2.26. The van der Waals surface area contributed by atoms with Crippen LogP contribution in [0.1, 0.15) is 38.5 Å². The van der Waals surface area contributed by atoms with E-state index in [-0.39, 0.29) is 23.9 Å². The molecule has 18 heavy (non-hydrogen) atoms. The standard InChI is InChI=1S/C12H23NO4S/c14-11-4-1-3-10(7-11)8-13-18(15,16)9-12-5-2-6-17-12/h10-14H,1-9H2. The maximum atomic E-state index is 11.9. The first-order valence-corrected chi connectivity index (χ1v) is 8.47. The molecule has 106 valence electrons. The van der Waals surface area contributed by atoms with Crippen LogP contribution in [-0.4, -0.2) is 44.6 Å². The fourth-order valence-corrected chi connectivity index (χ4v) is 4.13. The van der Waals surface area contributed by atoms with Crippen LogP contribution in [0.5, 0.6) is 0 Å². The van der Waals surface area contributed by atoms with Gasteiger partial charge in [-0.15, -0.1) is 0 Å². The lowest BCUT2D eigenvalue weighted by molar-refractivity contribution is 0.102. The molecule has 0 aromatic rings. The van der Waals surface area contributed by atoms with Crippen molar-refractivity contribution in [1.29, 1.82) is 0 Å². The summed E-state index contributed by atoms with van der Waals surface area (Å²) in [4.78, 5) is 0. The lowest BCUT2D eigenvalue weighted by atomic mass is 9.87. The summed E-state index contributed by atoms with van der Waals surface area (Å²) in [6.07, 6.45) is 4.93. The quantitative estimate of drug-likeness (QED) is 0.773. The third kappa shape index (κ3) is 4.50. The summed E-state index contributed by atoms with van der Waals surface area (Å²) in [5.74, 6) is 0.343. The van der Waals surface area contributed by atoms with E-state index in [4.69, 9.17) is 4.74 Å². The lowest BCUT2D eigenvalue weighted by Crippen LogP contribution is -2.36. The Kier molecular flexibility index (Phi) is 5.00. The molecular formula is C12H23NO4S. The zero-order valence-electron chi connectivity index (χ0n) is 10.7. The SMILES string of the molecule is O=S(=O)(CC1CCCO1)NCC1CCCC(O)C1. The number of sulfonamides is 1. The van der Waals surface area contributed by atoms with E-state index >= 15 is 0 Å². The van der Waals surface area contributed by atoms with Gasteiger partial charge in [0.25, 0.3) is 0 Å². The summed E-state index contributed by atoms with van der Waals surface area (Å²) < 4.78 is 31.7. The second-order valence-corrected chi connectivity index (χ2v) is 7.30. The molecule has 2 fully saturated rings. The molecule has 1 saturated heterocycles. The Morgan fingerprint density at radius 1 is 1.22 bits per heavy atom. The van der Waals surface area contributed by atoms with Gasteiger partial charge in [-0.05, 0) is 38.0 Å². The number of rotatable bonds is 5. The topological polar surface area (TPSA) is 75.6 Å². The van der Waals surface area contributed by atoms with Crippen molar-refractivity contribution in [3.05, 3.63) is 0 Å². The highest BCUT2D eigenvalue weighted by molar-refractivity contribution is 7.89. The van der Waals surface area contributed by atoms with Gasteiger partial charge in [0.15, 0.2) is 0 Å². The third-order valence-electron chi connectivity index (χ3n) is 3.78. The monoisotopic (exact) mass is 277 g/mol. The Bertz CT molecular complexity index is 351. The zero-order valence-corrected chi connectivity index (χ0v) is 11.5. The molecule has 0 radical (unpaired) electrons. The van der Waals surface area contributed by atoms with Gasteiger partial charge < -0.3 is 9.84 Å². The Labute approximate surface area is 109 Å². The molecule has 0 amide bonds. The van der Waals surface area contributed by atoms with Crippen LogP contribution in [0.2, 0.25) is 0 Å². The number of aliphatic hydroxyl groups excluding tert-OH is 1. The molecule has 0 bridgehead atoms. The summed E-state index contributed by atoms with van der Waals surface area (Å²) in [5, 5.41) is 9.54. The Balaban J connectivity index is 1.73. The molecule has 1 aliphatic heterocycles. The van der Waals surface area contributed by atoms with Gasteiger partial charge in [-0.3, -0.25) is 0 Å². The zero-order chi connectivity index (χ0) is 13.0. The average molecular weight is 277 g/mol. The first-order valence-electron chi connectivity index (χ1n) is 6.82. The fourth-order valence-electron chi connectivity index (χ4n) is 2.77. The van der Waals surface area contributed by atoms with Gasteiger partial charge in [0, 0.05) is 13.2 Å². The molecule has 1 aliphatic carbocycles. The molecule has 1 saturated carbocycles. The highest BCUT2D eigenvalue weighted by atomic mass is 32.2. The van der Waals surface area contributed by atoms with Gasteiger partial charge in [-0.25, -0.2) is 13.1 Å². The number of hydrogen-bond donors (Lipinski definition) is 2. The number of hydrogen-bond acceptors (Lipinski definition) is 4. The molecular weight excluding hydrogens is 254 g/mol. The summed E-state index contributed by atoms with van der Waals surface area (Å²) in [6.45, 7) is 1.13. The minimum Gasteiger partial charge on any atom is -0.393 e. The average Bonchev–Trinajstić information content (AvgIpc) is 2.79. The van der Waals surface area contributed by atoms with Crippen molar-refractivity contribution in [3.63, 3.8) is 0 Å². The van der Waals surface area contributed by atoms with Gasteiger partial charge >= 0.3 is 0 Å². The van der Waals surface area contributed by atoms with Gasteiger partial charge in [-0.1, -0.05) is 6.42 Å². The number of aliphatic hydroxyl groups is 1. The molecule has 2 N–H and O–H groups in total. The summed E-state index contributed by atoms with van der Waals surface area (Å²) in [5.41, 5.74) is 0. The molecule has 1 heterocycles. The molecule has 0 aromatic heterocycles. The molecule has 6 heteroatoms. The molecule has 0 aromatic carbocycles. The summed E-state index contributed by atoms with van der Waals surface area (Å²) in [6, 6.07) is 0. The number of nitrogens with one attached hydrogen (secondary N) is 1. The van der Waals surface area contributed by atoms with E-state index in [9.17, 15) is 13.5 Å². The van der Waals surface area contributed by atoms with Crippen LogP contribution in [0.3, 0.4) is 0 Å². The Morgan fingerprint density at radius 3 is 2.72 bits per heavy atom. The second kappa shape index (κ2) is 6.32. The summed E-state index contributed by atoms with van der Waals surface area (Å²) >= 11 is 0. The van der Waals surface area contributed by atoms with Gasteiger partial charge in [-0.2, -0.15) is 0 Å². The Morgan fingerprint density at radius 2 is 2.06 bits per heavy atom. The molecule has 0 spiro atoms. The number of ether oxygens (including phenoxy) is 1. The van der Waals surface area contributed by atoms with E-state index in [0.29, 0.717) is 19.6 Å². The van der Waals surface area contributed by atoms with Crippen LogP contribution < -0.4 is 4.72 Å². The molecule has 5 nitrogen and oxygen atoms in total. The van der Waals surface area contributed by atoms with Crippen LogP contribution in [0.4, 0.5) is 0 Å². The van der Waals surface area contributed by atoms with Crippen molar-refractivity contribution >= 4 is 10.0 Å². The normalized spacial score (nSPS) is 33.7. The van der Waals surface area contributed by atoms with Crippen LogP contribution in [-0.2, 0) is 14.8 Å². The predicted molar refractivity (Wildman–Crippen MR) is 68.7 cm³/mol. The summed E-state index contributed by atoms with van der Waals surface area (Å²) in [7, 11) is -3.24. The van der Waals surface area contributed by atoms with Crippen LogP contribution in [0, 0.1) is 5.92 Å². The van der Waals surface area contributed by atoms with Gasteiger partial charge in [0.2, 0.25) is 10.0 Å². The van der Waals surface area contributed by atoms with Crippen LogP contribution in [0.25, 0.3) is 0 Å². The van der Waals surface area contributed by atoms with Crippen molar-refractivity contribution < 1.29 is 18.3 Å². The predicted octanol–water partition coefficient (Wildman–Crippen LogP) is 0.636. The maximum absolute atomic E-state index is 11.9. The van der Waals surface area contributed by atoms with Crippen molar-refractivity contribution in [2.45, 2.75) is 50.7 Å². The van der Waals surface area contributed by atoms with E-state index in [0.717, 1.165) is 32.1 Å². The smallest absolute Gasteiger partial charge is 0.214 e. The largest absolute Gasteiger partial charge is 0.393 e. The molecule has 3 atom stereocenters. The van der Waals surface area contributed by atoms with Crippen LogP contribution in [0.15, 0.2) is 0 Å². The van der Waals surface area contributed by atoms with Gasteiger partial charge in [0.1, 0.15) is 0 Å². The fraction of sp³-hybridized carbons (Fsp3) is 1.00. The highest BCUT2D eigenvalue weighted by Crippen LogP contribution is 2.23. The minimum atomic E-state index is -3.24. The van der Waals surface area contributed by atoms with Gasteiger partial charge in [0.05, 0.1) is 18.0 Å². The van der Waals surface area contributed by atoms with E-state index in [1.54, 1.807) is 0 Å². The van der Waals surface area contributed by atoms with Crippen molar-refractivity contribution in [1.82, 2.24) is 4.72 Å². The van der Waals surface area contributed by atoms with Crippen molar-refractivity contribution in [3.8, 4) is 0 Å². The third-order valence-corrected chi connectivity index (χ3v) is 5.19.